The van der Waals surface area contributed by atoms with Gasteiger partial charge in [-0.25, -0.2) is 4.39 Å². The predicted molar refractivity (Wildman–Crippen MR) is 145 cm³/mol. The number of nitrogens with zero attached hydrogens (tertiary/aromatic N) is 2. The highest BCUT2D eigenvalue weighted by Crippen LogP contribution is 2.41. The maximum absolute atomic E-state index is 15.0. The second-order valence-electron chi connectivity index (χ2n) is 8.75. The fraction of sp³-hybridized carbons (Fsp3) is 0.0645. The van der Waals surface area contributed by atoms with Crippen molar-refractivity contribution in [1.82, 2.24) is 9.78 Å². The minimum atomic E-state index is -0.536. The number of rotatable bonds is 6. The molecule has 5 rings (SSSR count). The van der Waals surface area contributed by atoms with Gasteiger partial charge in [0, 0.05) is 23.7 Å². The fourth-order valence-corrected chi connectivity index (χ4v) is 4.11. The average Bonchev–Trinajstić information content (AvgIpc) is 3.28. The van der Waals surface area contributed by atoms with Gasteiger partial charge in [-0.1, -0.05) is 60.2 Å². The Morgan fingerprint density at radius 1 is 0.842 bits per heavy atom. The number of carbonyl (C=O) groups is 2. The summed E-state index contributed by atoms with van der Waals surface area (Å²) < 4.78 is 22.2. The van der Waals surface area contributed by atoms with Crippen LogP contribution in [0.1, 0.15) is 22.8 Å². The number of amides is 1. The van der Waals surface area contributed by atoms with Gasteiger partial charge in [0.05, 0.1) is 11.3 Å². The van der Waals surface area contributed by atoms with Gasteiger partial charge in [0.1, 0.15) is 11.5 Å². The Morgan fingerprint density at radius 2 is 1.50 bits per heavy atom. The predicted octanol–water partition coefficient (Wildman–Crippen LogP) is 6.83. The summed E-state index contributed by atoms with van der Waals surface area (Å²) >= 11 is 0. The summed E-state index contributed by atoms with van der Waals surface area (Å²) in [5.74, 6) is -1.06. The number of aryl methyl sites for hydroxylation is 1. The molecule has 0 aliphatic heterocycles. The van der Waals surface area contributed by atoms with E-state index in [1.54, 1.807) is 66.7 Å². The molecule has 4 aromatic carbocycles. The maximum Gasteiger partial charge on any atom is 0.309 e. The molecule has 1 heterocycles. The minimum absolute atomic E-state index is 0.167. The number of hydrogen-bond donors (Lipinski definition) is 1. The van der Waals surface area contributed by atoms with Crippen LogP contribution < -0.4 is 10.1 Å². The molecule has 1 amide bonds. The van der Waals surface area contributed by atoms with E-state index in [0.29, 0.717) is 33.8 Å². The molecule has 1 aromatic heterocycles. The average molecular weight is 506 g/mol. The van der Waals surface area contributed by atoms with Crippen molar-refractivity contribution in [2.24, 2.45) is 0 Å². The Bertz CT molecular complexity index is 1610. The van der Waals surface area contributed by atoms with Crippen LogP contribution in [-0.4, -0.2) is 21.7 Å². The summed E-state index contributed by atoms with van der Waals surface area (Å²) in [6.07, 6.45) is 0. The summed E-state index contributed by atoms with van der Waals surface area (Å²) in [6.45, 7) is 3.27. The summed E-state index contributed by atoms with van der Waals surface area (Å²) in [6, 6.07) is 29.8. The normalized spacial score (nSPS) is 10.7. The van der Waals surface area contributed by atoms with Crippen LogP contribution in [0.5, 0.6) is 5.88 Å². The van der Waals surface area contributed by atoms with Crippen LogP contribution in [0.4, 0.5) is 10.1 Å². The first-order valence-electron chi connectivity index (χ1n) is 12.0. The Balaban J connectivity index is 1.63. The Kier molecular flexibility index (Phi) is 6.82. The van der Waals surface area contributed by atoms with Gasteiger partial charge < -0.3 is 10.1 Å². The largest absolute Gasteiger partial charge is 0.407 e. The molecule has 1 N–H and O–H groups in total. The number of ether oxygens (including phenoxy) is 1. The van der Waals surface area contributed by atoms with Gasteiger partial charge in [0.2, 0.25) is 5.88 Å². The molecule has 0 saturated carbocycles. The van der Waals surface area contributed by atoms with E-state index in [-0.39, 0.29) is 17.4 Å². The number of nitrogens with one attached hydrogen (secondary N) is 1. The first kappa shape index (κ1) is 24.6. The molecule has 0 aliphatic carbocycles. The molecular formula is C31H24FN3O3. The van der Waals surface area contributed by atoms with E-state index in [4.69, 9.17) is 9.84 Å². The smallest absolute Gasteiger partial charge is 0.309 e. The topological polar surface area (TPSA) is 73.2 Å². The lowest BCUT2D eigenvalue weighted by atomic mass is 10.0. The monoisotopic (exact) mass is 505 g/mol. The first-order valence-corrected chi connectivity index (χ1v) is 12.0. The van der Waals surface area contributed by atoms with Crippen molar-refractivity contribution in [1.29, 1.82) is 0 Å². The van der Waals surface area contributed by atoms with E-state index in [1.807, 2.05) is 37.3 Å². The molecule has 0 fully saturated rings. The molecule has 0 saturated heterocycles. The lowest BCUT2D eigenvalue weighted by Crippen LogP contribution is -2.11. The third kappa shape index (κ3) is 5.08. The number of esters is 1. The van der Waals surface area contributed by atoms with Crippen molar-refractivity contribution < 1.29 is 18.7 Å². The molecule has 188 valence electrons. The molecule has 0 atom stereocenters. The highest BCUT2D eigenvalue weighted by atomic mass is 19.1. The molecule has 0 spiro atoms. The quantitative estimate of drug-likeness (QED) is 0.257. The lowest BCUT2D eigenvalue weighted by molar-refractivity contribution is -0.132. The van der Waals surface area contributed by atoms with E-state index in [2.05, 4.69) is 5.32 Å². The maximum atomic E-state index is 15.0. The van der Waals surface area contributed by atoms with Gasteiger partial charge in [0.15, 0.2) is 0 Å². The van der Waals surface area contributed by atoms with Crippen molar-refractivity contribution in [2.45, 2.75) is 13.8 Å². The molecule has 5 aromatic rings. The van der Waals surface area contributed by atoms with E-state index < -0.39 is 11.8 Å². The van der Waals surface area contributed by atoms with Crippen LogP contribution in [0, 0.1) is 12.7 Å². The van der Waals surface area contributed by atoms with Crippen molar-refractivity contribution in [3.8, 4) is 34.0 Å². The van der Waals surface area contributed by atoms with E-state index in [0.717, 1.165) is 5.56 Å². The van der Waals surface area contributed by atoms with Gasteiger partial charge in [0.25, 0.3) is 5.91 Å². The van der Waals surface area contributed by atoms with E-state index in [9.17, 15) is 14.0 Å². The minimum Gasteiger partial charge on any atom is -0.407 e. The van der Waals surface area contributed by atoms with Crippen LogP contribution in [0.2, 0.25) is 0 Å². The molecular weight excluding hydrogens is 481 g/mol. The van der Waals surface area contributed by atoms with Crippen LogP contribution in [0.3, 0.4) is 0 Å². The lowest BCUT2D eigenvalue weighted by Gasteiger charge is -2.11. The standard InChI is InChI=1S/C31H24FN3O3/c1-20-12-18-25(19-13-20)35-31(38-21(2)36)28(29(34-35)26-10-6-7-11-27(26)32)22-14-16-24(17-15-22)33-30(37)23-8-4-3-5-9-23/h3-19H,1-2H3,(H,33,37). The number of benzene rings is 4. The SMILES string of the molecule is CC(=O)Oc1c(-c2ccc(NC(=O)c3ccccc3)cc2)c(-c2ccccc2F)nn1-c1ccc(C)cc1. The zero-order valence-electron chi connectivity index (χ0n) is 20.8. The molecule has 0 bridgehead atoms. The number of hydrogen-bond acceptors (Lipinski definition) is 4. The summed E-state index contributed by atoms with van der Waals surface area (Å²) in [4.78, 5) is 24.8. The third-order valence-electron chi connectivity index (χ3n) is 5.96. The summed E-state index contributed by atoms with van der Waals surface area (Å²) in [5.41, 5.74) is 4.50. The second kappa shape index (κ2) is 10.5. The van der Waals surface area contributed by atoms with Crippen molar-refractivity contribution in [3.05, 3.63) is 120 Å². The van der Waals surface area contributed by atoms with Crippen molar-refractivity contribution >= 4 is 17.6 Å². The first-order chi connectivity index (χ1) is 18.4. The van der Waals surface area contributed by atoms with Gasteiger partial charge in [-0.3, -0.25) is 9.59 Å². The van der Waals surface area contributed by atoms with E-state index in [1.165, 1.54) is 17.7 Å². The highest BCUT2D eigenvalue weighted by molar-refractivity contribution is 6.04. The van der Waals surface area contributed by atoms with Gasteiger partial charge >= 0.3 is 5.97 Å². The number of anilines is 1. The van der Waals surface area contributed by atoms with Gasteiger partial charge in [-0.15, -0.1) is 0 Å². The number of aromatic nitrogens is 2. The molecule has 7 heteroatoms. The highest BCUT2D eigenvalue weighted by Gasteiger charge is 2.26. The Morgan fingerprint density at radius 3 is 2.16 bits per heavy atom. The van der Waals surface area contributed by atoms with Crippen molar-refractivity contribution in [3.63, 3.8) is 0 Å². The molecule has 0 unspecified atom stereocenters. The van der Waals surface area contributed by atoms with Crippen LogP contribution in [0.15, 0.2) is 103 Å². The van der Waals surface area contributed by atoms with E-state index >= 15 is 0 Å². The van der Waals surface area contributed by atoms with Gasteiger partial charge in [-0.05, 0) is 61.0 Å². The molecule has 0 radical (unpaired) electrons. The number of carbonyl (C=O) groups excluding carboxylic acids is 2. The zero-order chi connectivity index (χ0) is 26.6. The zero-order valence-corrected chi connectivity index (χ0v) is 20.8. The number of halogens is 1. The van der Waals surface area contributed by atoms with Crippen LogP contribution >= 0.6 is 0 Å². The summed E-state index contributed by atoms with van der Waals surface area (Å²) in [5, 5.41) is 7.58. The van der Waals surface area contributed by atoms with Crippen LogP contribution in [0.25, 0.3) is 28.1 Å². The molecule has 0 aliphatic rings. The van der Waals surface area contributed by atoms with Crippen molar-refractivity contribution in [2.75, 3.05) is 5.32 Å². The third-order valence-corrected chi connectivity index (χ3v) is 5.96. The summed E-state index contributed by atoms with van der Waals surface area (Å²) in [7, 11) is 0. The Labute approximate surface area is 219 Å². The fourth-order valence-electron chi connectivity index (χ4n) is 4.11. The molecule has 6 nitrogen and oxygen atoms in total. The second-order valence-corrected chi connectivity index (χ2v) is 8.75. The Hall–Kier alpha value is -5.04. The van der Waals surface area contributed by atoms with Crippen LogP contribution in [-0.2, 0) is 4.79 Å². The molecule has 38 heavy (non-hydrogen) atoms. The van der Waals surface area contributed by atoms with Gasteiger partial charge in [-0.2, -0.15) is 9.78 Å².